The summed E-state index contributed by atoms with van der Waals surface area (Å²) in [5.74, 6) is 0.929. The minimum atomic E-state index is -0.350. The molecule has 0 amide bonds. The molecule has 1 N–H and O–H groups in total. The maximum Gasteiger partial charge on any atom is 0.159 e. The first kappa shape index (κ1) is 10.7. The van der Waals surface area contributed by atoms with Gasteiger partial charge in [-0.15, -0.1) is 0 Å². The van der Waals surface area contributed by atoms with Crippen molar-refractivity contribution in [2.45, 2.75) is 57.2 Å². The topological polar surface area (TPSA) is 46.5 Å². The average molecular weight is 210 g/mol. The van der Waals surface area contributed by atoms with E-state index in [9.17, 15) is 9.90 Å². The van der Waals surface area contributed by atoms with Gasteiger partial charge in [0.25, 0.3) is 0 Å². The van der Waals surface area contributed by atoms with E-state index < -0.39 is 0 Å². The van der Waals surface area contributed by atoms with E-state index in [0.29, 0.717) is 6.42 Å². The largest absolute Gasteiger partial charge is 0.492 e. The molecule has 15 heavy (non-hydrogen) atoms. The van der Waals surface area contributed by atoms with Crippen LogP contribution in [0.1, 0.15) is 44.9 Å². The molecule has 2 atom stereocenters. The van der Waals surface area contributed by atoms with Crippen molar-refractivity contribution in [1.29, 1.82) is 0 Å². The molecule has 0 aromatic carbocycles. The van der Waals surface area contributed by atoms with Gasteiger partial charge in [-0.2, -0.15) is 0 Å². The van der Waals surface area contributed by atoms with Gasteiger partial charge in [0.2, 0.25) is 0 Å². The van der Waals surface area contributed by atoms with Crippen LogP contribution in [0.3, 0.4) is 0 Å². The van der Waals surface area contributed by atoms with Crippen molar-refractivity contribution in [2.75, 3.05) is 0 Å². The maximum absolute atomic E-state index is 11.2. The molecule has 0 heterocycles. The first-order valence-corrected chi connectivity index (χ1v) is 5.84. The van der Waals surface area contributed by atoms with Gasteiger partial charge < -0.3 is 9.84 Å². The second-order valence-electron chi connectivity index (χ2n) is 4.44. The predicted octanol–water partition coefficient (Wildman–Crippen LogP) is 1.94. The minimum absolute atomic E-state index is 0.0871. The fraction of sp³-hybridized carbons (Fsp3) is 0.750. The summed E-state index contributed by atoms with van der Waals surface area (Å²) in [6, 6.07) is 0. The summed E-state index contributed by atoms with van der Waals surface area (Å²) in [5, 5.41) is 9.73. The quantitative estimate of drug-likeness (QED) is 0.757. The molecule has 0 radical (unpaired) electrons. The Morgan fingerprint density at radius 1 is 1.20 bits per heavy atom. The van der Waals surface area contributed by atoms with Crippen LogP contribution in [-0.2, 0) is 9.53 Å². The van der Waals surface area contributed by atoms with Crippen LogP contribution in [0.15, 0.2) is 11.8 Å². The number of carbonyl (C=O) groups is 1. The molecule has 2 aliphatic rings. The molecule has 3 heteroatoms. The highest BCUT2D eigenvalue weighted by Crippen LogP contribution is 2.26. The molecule has 0 saturated heterocycles. The lowest BCUT2D eigenvalue weighted by Gasteiger charge is -2.29. The van der Waals surface area contributed by atoms with Crippen LogP contribution in [0, 0.1) is 0 Å². The molecule has 0 aromatic heterocycles. The van der Waals surface area contributed by atoms with Crippen molar-refractivity contribution in [3.8, 4) is 0 Å². The summed E-state index contributed by atoms with van der Waals surface area (Å²) in [5.41, 5.74) is 0. The number of rotatable bonds is 2. The van der Waals surface area contributed by atoms with Gasteiger partial charge >= 0.3 is 0 Å². The second kappa shape index (κ2) is 4.79. The van der Waals surface area contributed by atoms with Gasteiger partial charge in [-0.25, -0.2) is 0 Å². The molecule has 0 unspecified atom stereocenters. The molecule has 2 aliphatic carbocycles. The lowest BCUT2D eigenvalue weighted by atomic mass is 9.94. The van der Waals surface area contributed by atoms with Crippen molar-refractivity contribution in [2.24, 2.45) is 0 Å². The third-order valence-corrected chi connectivity index (χ3v) is 3.14. The zero-order valence-electron chi connectivity index (χ0n) is 8.95. The van der Waals surface area contributed by atoms with Crippen LogP contribution < -0.4 is 0 Å². The summed E-state index contributed by atoms with van der Waals surface area (Å²) >= 11 is 0. The molecule has 0 aromatic rings. The standard InChI is InChI=1S/C12H18O3/c13-9-4-3-5-10(8-9)15-12-7-2-1-6-11(12)14/h8,11-12,14H,1-7H2/t11-,12-/m0/s1. The Kier molecular flexibility index (Phi) is 3.41. The van der Waals surface area contributed by atoms with Crippen LogP contribution in [-0.4, -0.2) is 23.1 Å². The molecular weight excluding hydrogens is 192 g/mol. The van der Waals surface area contributed by atoms with Crippen molar-refractivity contribution in [3.05, 3.63) is 11.8 Å². The Morgan fingerprint density at radius 2 is 2.00 bits per heavy atom. The summed E-state index contributed by atoms with van der Waals surface area (Å²) < 4.78 is 5.71. The van der Waals surface area contributed by atoms with Gasteiger partial charge in [0.05, 0.1) is 6.10 Å². The average Bonchev–Trinajstić information content (AvgIpc) is 2.22. The number of hydrogen-bond donors (Lipinski definition) is 1. The number of ketones is 1. The summed E-state index contributed by atoms with van der Waals surface area (Å²) in [7, 11) is 0. The van der Waals surface area contributed by atoms with E-state index in [2.05, 4.69) is 0 Å². The van der Waals surface area contributed by atoms with Crippen molar-refractivity contribution < 1.29 is 14.6 Å². The highest BCUT2D eigenvalue weighted by Gasteiger charge is 2.26. The predicted molar refractivity (Wildman–Crippen MR) is 56.3 cm³/mol. The minimum Gasteiger partial charge on any atom is -0.492 e. The van der Waals surface area contributed by atoms with Gasteiger partial charge in [-0.1, -0.05) is 6.42 Å². The van der Waals surface area contributed by atoms with E-state index in [4.69, 9.17) is 4.74 Å². The summed E-state index contributed by atoms with van der Waals surface area (Å²) in [6.45, 7) is 0. The fourth-order valence-electron chi connectivity index (χ4n) is 2.26. The Morgan fingerprint density at radius 3 is 2.73 bits per heavy atom. The zero-order valence-corrected chi connectivity index (χ0v) is 8.95. The van der Waals surface area contributed by atoms with E-state index >= 15 is 0 Å². The van der Waals surface area contributed by atoms with Crippen molar-refractivity contribution in [1.82, 2.24) is 0 Å². The van der Waals surface area contributed by atoms with E-state index in [0.717, 1.165) is 44.3 Å². The molecule has 0 spiro atoms. The molecule has 0 aliphatic heterocycles. The Labute approximate surface area is 90.1 Å². The van der Waals surface area contributed by atoms with E-state index in [1.54, 1.807) is 6.08 Å². The van der Waals surface area contributed by atoms with E-state index in [1.165, 1.54) is 0 Å². The van der Waals surface area contributed by atoms with Crippen LogP contribution in [0.5, 0.6) is 0 Å². The lowest BCUT2D eigenvalue weighted by Crippen LogP contribution is -2.32. The molecule has 2 rings (SSSR count). The number of hydrogen-bond acceptors (Lipinski definition) is 3. The molecule has 1 saturated carbocycles. The molecule has 1 fully saturated rings. The summed E-state index contributed by atoms with van der Waals surface area (Å²) in [4.78, 5) is 11.2. The smallest absolute Gasteiger partial charge is 0.159 e. The Hall–Kier alpha value is -0.830. The lowest BCUT2D eigenvalue weighted by molar-refractivity contribution is -0.115. The normalized spacial score (nSPS) is 32.3. The zero-order chi connectivity index (χ0) is 10.7. The first-order valence-electron chi connectivity index (χ1n) is 5.84. The first-order chi connectivity index (χ1) is 7.25. The monoisotopic (exact) mass is 210 g/mol. The number of ether oxygens (including phenoxy) is 1. The van der Waals surface area contributed by atoms with E-state index in [-0.39, 0.29) is 18.0 Å². The third-order valence-electron chi connectivity index (χ3n) is 3.14. The summed E-state index contributed by atoms with van der Waals surface area (Å²) in [6.07, 6.45) is 7.46. The third kappa shape index (κ3) is 2.81. The maximum atomic E-state index is 11.2. The SMILES string of the molecule is O=C1C=C(O[C@H]2CCCC[C@@H]2O)CCC1. The number of carbonyl (C=O) groups excluding carboxylic acids is 1. The van der Waals surface area contributed by atoms with Crippen LogP contribution in [0.4, 0.5) is 0 Å². The van der Waals surface area contributed by atoms with Crippen LogP contribution >= 0.6 is 0 Å². The molecular formula is C12H18O3. The van der Waals surface area contributed by atoms with Gasteiger partial charge in [0.1, 0.15) is 11.9 Å². The highest BCUT2D eigenvalue weighted by molar-refractivity contribution is 5.90. The van der Waals surface area contributed by atoms with Crippen LogP contribution in [0.25, 0.3) is 0 Å². The van der Waals surface area contributed by atoms with Crippen molar-refractivity contribution in [3.63, 3.8) is 0 Å². The Balaban J connectivity index is 1.92. The second-order valence-corrected chi connectivity index (χ2v) is 4.44. The molecule has 84 valence electrons. The number of aliphatic hydroxyl groups excluding tert-OH is 1. The van der Waals surface area contributed by atoms with Crippen molar-refractivity contribution >= 4 is 5.78 Å². The fourth-order valence-corrected chi connectivity index (χ4v) is 2.26. The Bertz CT molecular complexity index is 270. The number of allylic oxidation sites excluding steroid dienone is 2. The number of aliphatic hydroxyl groups is 1. The molecule has 3 nitrogen and oxygen atoms in total. The van der Waals surface area contributed by atoms with Crippen LogP contribution in [0.2, 0.25) is 0 Å². The van der Waals surface area contributed by atoms with Gasteiger partial charge in [-0.3, -0.25) is 4.79 Å². The van der Waals surface area contributed by atoms with Gasteiger partial charge in [0, 0.05) is 18.9 Å². The molecule has 0 bridgehead atoms. The van der Waals surface area contributed by atoms with E-state index in [1.807, 2.05) is 0 Å². The van der Waals surface area contributed by atoms with Gasteiger partial charge in [-0.05, 0) is 25.7 Å². The highest BCUT2D eigenvalue weighted by atomic mass is 16.5. The van der Waals surface area contributed by atoms with Gasteiger partial charge in [0.15, 0.2) is 5.78 Å².